The number of esters is 1. The lowest BCUT2D eigenvalue weighted by Gasteiger charge is -2.13. The molecule has 0 aromatic heterocycles. The summed E-state index contributed by atoms with van der Waals surface area (Å²) >= 11 is 0. The van der Waals surface area contributed by atoms with Gasteiger partial charge in [-0.15, -0.1) is 0 Å². The fourth-order valence-electron chi connectivity index (χ4n) is 1.94. The lowest BCUT2D eigenvalue weighted by atomic mass is 10.1. The van der Waals surface area contributed by atoms with Crippen molar-refractivity contribution in [3.8, 4) is 0 Å². The molecule has 0 spiro atoms. The van der Waals surface area contributed by atoms with E-state index in [1.54, 1.807) is 23.1 Å². The van der Waals surface area contributed by atoms with Crippen molar-refractivity contribution in [3.63, 3.8) is 0 Å². The van der Waals surface area contributed by atoms with Gasteiger partial charge in [-0.25, -0.2) is 4.79 Å². The third-order valence-corrected chi connectivity index (χ3v) is 2.81. The van der Waals surface area contributed by atoms with Crippen LogP contribution < -0.4 is 5.73 Å². The van der Waals surface area contributed by atoms with Crippen LogP contribution in [0.4, 0.5) is 0 Å². The second kappa shape index (κ2) is 4.55. The lowest BCUT2D eigenvalue weighted by Crippen LogP contribution is -2.29. The van der Waals surface area contributed by atoms with Gasteiger partial charge in [-0.3, -0.25) is 4.79 Å². The predicted molar refractivity (Wildman–Crippen MR) is 61.6 cm³/mol. The van der Waals surface area contributed by atoms with Gasteiger partial charge in [0.15, 0.2) is 0 Å². The van der Waals surface area contributed by atoms with E-state index in [2.05, 4.69) is 4.74 Å². The summed E-state index contributed by atoms with van der Waals surface area (Å²) in [6.45, 7) is 1.53. The van der Waals surface area contributed by atoms with Crippen LogP contribution in [-0.4, -0.2) is 37.0 Å². The first-order valence-corrected chi connectivity index (χ1v) is 5.38. The number of fused-ring (bicyclic) bond motifs is 1. The molecule has 1 aromatic carbocycles. The zero-order chi connectivity index (χ0) is 12.4. The summed E-state index contributed by atoms with van der Waals surface area (Å²) in [6.07, 6.45) is 0. The van der Waals surface area contributed by atoms with Gasteiger partial charge in [0, 0.05) is 25.2 Å². The molecule has 2 N–H and O–H groups in total. The van der Waals surface area contributed by atoms with Crippen molar-refractivity contribution in [3.05, 3.63) is 34.9 Å². The van der Waals surface area contributed by atoms with Gasteiger partial charge in [0.25, 0.3) is 5.91 Å². The minimum absolute atomic E-state index is 0.0730. The van der Waals surface area contributed by atoms with Crippen LogP contribution in [0, 0.1) is 0 Å². The van der Waals surface area contributed by atoms with Crippen molar-refractivity contribution in [1.82, 2.24) is 4.90 Å². The van der Waals surface area contributed by atoms with Crippen molar-refractivity contribution >= 4 is 11.9 Å². The summed E-state index contributed by atoms with van der Waals surface area (Å²) in [4.78, 5) is 25.0. The van der Waals surface area contributed by atoms with Gasteiger partial charge < -0.3 is 15.4 Å². The maximum Gasteiger partial charge on any atom is 0.337 e. The Bertz CT molecular complexity index is 471. The van der Waals surface area contributed by atoms with E-state index in [1.807, 2.05) is 0 Å². The van der Waals surface area contributed by atoms with Crippen LogP contribution in [0.1, 0.15) is 26.3 Å². The zero-order valence-corrected chi connectivity index (χ0v) is 9.60. The molecule has 1 aliphatic rings. The van der Waals surface area contributed by atoms with Crippen molar-refractivity contribution in [2.75, 3.05) is 20.2 Å². The summed E-state index contributed by atoms with van der Waals surface area (Å²) in [5.41, 5.74) is 7.33. The maximum atomic E-state index is 12.0. The van der Waals surface area contributed by atoms with Gasteiger partial charge in [0.2, 0.25) is 0 Å². The van der Waals surface area contributed by atoms with Gasteiger partial charge in [-0.05, 0) is 17.7 Å². The second-order valence-corrected chi connectivity index (χ2v) is 3.88. The first-order chi connectivity index (χ1) is 8.17. The molecule has 0 saturated heterocycles. The molecule has 1 heterocycles. The molecule has 0 radical (unpaired) electrons. The van der Waals surface area contributed by atoms with E-state index in [4.69, 9.17) is 5.73 Å². The molecule has 0 atom stereocenters. The molecule has 1 amide bonds. The number of methoxy groups -OCH3 is 1. The normalized spacial score (nSPS) is 13.8. The van der Waals surface area contributed by atoms with Crippen molar-refractivity contribution in [2.45, 2.75) is 6.54 Å². The summed E-state index contributed by atoms with van der Waals surface area (Å²) in [5.74, 6) is -0.505. The predicted octanol–water partition coefficient (Wildman–Crippen LogP) is 0.388. The zero-order valence-electron chi connectivity index (χ0n) is 9.60. The molecule has 17 heavy (non-hydrogen) atoms. The molecule has 2 rings (SSSR count). The van der Waals surface area contributed by atoms with Crippen LogP contribution in [0.5, 0.6) is 0 Å². The molecule has 0 aliphatic carbocycles. The number of carbonyl (C=O) groups is 2. The first-order valence-electron chi connectivity index (χ1n) is 5.38. The number of benzene rings is 1. The summed E-state index contributed by atoms with van der Waals surface area (Å²) in [7, 11) is 1.32. The first kappa shape index (κ1) is 11.6. The van der Waals surface area contributed by atoms with Gasteiger partial charge in [0.05, 0.1) is 12.7 Å². The third kappa shape index (κ3) is 2.01. The Kier molecular flexibility index (Phi) is 3.10. The van der Waals surface area contributed by atoms with E-state index in [9.17, 15) is 9.59 Å². The van der Waals surface area contributed by atoms with E-state index in [0.717, 1.165) is 5.56 Å². The molecule has 5 nitrogen and oxygen atoms in total. The Balaban J connectivity index is 2.31. The van der Waals surface area contributed by atoms with Crippen LogP contribution in [0.2, 0.25) is 0 Å². The largest absolute Gasteiger partial charge is 0.465 e. The van der Waals surface area contributed by atoms with Gasteiger partial charge >= 0.3 is 5.97 Å². The van der Waals surface area contributed by atoms with Crippen LogP contribution in [0.15, 0.2) is 18.2 Å². The Morgan fingerprint density at radius 1 is 1.53 bits per heavy atom. The minimum Gasteiger partial charge on any atom is -0.465 e. The van der Waals surface area contributed by atoms with Crippen LogP contribution >= 0.6 is 0 Å². The number of nitrogens with zero attached hydrogens (tertiary/aromatic N) is 1. The molecule has 90 valence electrons. The topological polar surface area (TPSA) is 72.6 Å². The third-order valence-electron chi connectivity index (χ3n) is 2.81. The number of ether oxygens (including phenoxy) is 1. The fourth-order valence-corrected chi connectivity index (χ4v) is 1.94. The SMILES string of the molecule is COC(=O)c1ccc2c(c1)C(=O)N(CCN)C2. The fraction of sp³-hybridized carbons (Fsp3) is 0.333. The summed E-state index contributed by atoms with van der Waals surface area (Å²) in [5, 5.41) is 0. The van der Waals surface area contributed by atoms with E-state index in [0.29, 0.717) is 30.8 Å². The average Bonchev–Trinajstić information content (AvgIpc) is 2.66. The monoisotopic (exact) mass is 234 g/mol. The molecule has 0 bridgehead atoms. The van der Waals surface area contributed by atoms with Crippen molar-refractivity contribution < 1.29 is 14.3 Å². The standard InChI is InChI=1S/C12H14N2O3/c1-17-12(16)8-2-3-9-7-14(5-4-13)11(15)10(9)6-8/h2-3,6H,4-5,7,13H2,1H3. The Hall–Kier alpha value is -1.88. The highest BCUT2D eigenvalue weighted by Gasteiger charge is 2.27. The average molecular weight is 234 g/mol. The van der Waals surface area contributed by atoms with Crippen molar-refractivity contribution in [1.29, 1.82) is 0 Å². The number of carbonyl (C=O) groups excluding carboxylic acids is 2. The molecule has 0 fully saturated rings. The second-order valence-electron chi connectivity index (χ2n) is 3.88. The van der Waals surface area contributed by atoms with E-state index < -0.39 is 5.97 Å². The number of nitrogens with two attached hydrogens (primary N) is 1. The van der Waals surface area contributed by atoms with Gasteiger partial charge in [-0.1, -0.05) is 6.07 Å². The van der Waals surface area contributed by atoms with E-state index >= 15 is 0 Å². The maximum absolute atomic E-state index is 12.0. The molecule has 5 heteroatoms. The molecular weight excluding hydrogens is 220 g/mol. The van der Waals surface area contributed by atoms with E-state index in [1.165, 1.54) is 7.11 Å². The number of hydrogen-bond donors (Lipinski definition) is 1. The van der Waals surface area contributed by atoms with Crippen LogP contribution in [0.25, 0.3) is 0 Å². The van der Waals surface area contributed by atoms with Gasteiger partial charge in [0.1, 0.15) is 0 Å². The van der Waals surface area contributed by atoms with E-state index in [-0.39, 0.29) is 5.91 Å². The Labute approximate surface area is 99.2 Å². The molecule has 1 aliphatic heterocycles. The lowest BCUT2D eigenvalue weighted by molar-refractivity contribution is 0.0600. The molecule has 1 aromatic rings. The molecule has 0 unspecified atom stereocenters. The Morgan fingerprint density at radius 2 is 2.29 bits per heavy atom. The number of rotatable bonds is 3. The van der Waals surface area contributed by atoms with Crippen molar-refractivity contribution in [2.24, 2.45) is 5.73 Å². The molecule has 0 saturated carbocycles. The highest BCUT2D eigenvalue weighted by molar-refractivity contribution is 6.01. The highest BCUT2D eigenvalue weighted by atomic mass is 16.5. The smallest absolute Gasteiger partial charge is 0.337 e. The summed E-state index contributed by atoms with van der Waals surface area (Å²) in [6, 6.07) is 5.04. The summed E-state index contributed by atoms with van der Waals surface area (Å²) < 4.78 is 4.62. The highest BCUT2D eigenvalue weighted by Crippen LogP contribution is 2.23. The molecular formula is C12H14N2O3. The van der Waals surface area contributed by atoms with Crippen LogP contribution in [-0.2, 0) is 11.3 Å². The number of amides is 1. The minimum atomic E-state index is -0.433. The quantitative estimate of drug-likeness (QED) is 0.768. The Morgan fingerprint density at radius 3 is 2.94 bits per heavy atom. The number of hydrogen-bond acceptors (Lipinski definition) is 4. The van der Waals surface area contributed by atoms with Gasteiger partial charge in [-0.2, -0.15) is 0 Å². The van der Waals surface area contributed by atoms with Crippen LogP contribution in [0.3, 0.4) is 0 Å².